The van der Waals surface area contributed by atoms with Gasteiger partial charge in [0.1, 0.15) is 12.0 Å². The van der Waals surface area contributed by atoms with Crippen molar-refractivity contribution in [3.8, 4) is 22.7 Å². The van der Waals surface area contributed by atoms with Gasteiger partial charge in [-0.1, -0.05) is 65.3 Å². The molecule has 0 aliphatic carbocycles. The second-order valence-corrected chi connectivity index (χ2v) is 9.21. The van der Waals surface area contributed by atoms with Gasteiger partial charge >= 0.3 is 0 Å². The molecule has 0 fully saturated rings. The Morgan fingerprint density at radius 2 is 1.42 bits per heavy atom. The summed E-state index contributed by atoms with van der Waals surface area (Å²) in [6.45, 7) is 15.5. The first-order valence-corrected chi connectivity index (χ1v) is 9.23. The molecular weight excluding hydrogens is 318 g/mol. The summed E-state index contributed by atoms with van der Waals surface area (Å²) in [5.74, 6) is 0.671. The van der Waals surface area contributed by atoms with E-state index in [1.54, 1.807) is 6.26 Å². The minimum atomic E-state index is 0.101. The Labute approximate surface area is 157 Å². The Kier molecular flexibility index (Phi) is 4.56. The number of hydrogen-bond acceptors (Lipinski definition) is 2. The Hall–Kier alpha value is -2.35. The lowest BCUT2D eigenvalue weighted by atomic mass is 9.85. The van der Waals surface area contributed by atoms with Crippen LogP contribution in [-0.2, 0) is 10.8 Å². The van der Waals surface area contributed by atoms with Crippen molar-refractivity contribution in [3.63, 3.8) is 0 Å². The molecule has 0 amide bonds. The average molecular weight is 348 g/mol. The molecule has 2 heteroatoms. The Morgan fingerprint density at radius 1 is 0.769 bits per heavy atom. The van der Waals surface area contributed by atoms with E-state index in [2.05, 4.69) is 90.9 Å². The molecule has 0 N–H and O–H groups in total. The maximum absolute atomic E-state index is 5.83. The third-order valence-corrected chi connectivity index (χ3v) is 4.72. The zero-order valence-corrected chi connectivity index (χ0v) is 17.0. The van der Waals surface area contributed by atoms with E-state index in [0.29, 0.717) is 5.89 Å². The van der Waals surface area contributed by atoms with Crippen LogP contribution in [-0.4, -0.2) is 4.98 Å². The second kappa shape index (κ2) is 6.42. The molecule has 2 aromatic carbocycles. The van der Waals surface area contributed by atoms with E-state index in [9.17, 15) is 0 Å². The van der Waals surface area contributed by atoms with Crippen molar-refractivity contribution in [2.24, 2.45) is 0 Å². The Bertz CT molecular complexity index is 920. The summed E-state index contributed by atoms with van der Waals surface area (Å²) >= 11 is 0. The van der Waals surface area contributed by atoms with Crippen LogP contribution in [0.3, 0.4) is 0 Å². The highest BCUT2D eigenvalue weighted by Gasteiger charge is 2.18. The van der Waals surface area contributed by atoms with E-state index in [1.165, 1.54) is 16.7 Å². The molecule has 2 nitrogen and oxygen atoms in total. The van der Waals surface area contributed by atoms with Crippen LogP contribution in [0.25, 0.3) is 22.7 Å². The van der Waals surface area contributed by atoms with Crippen LogP contribution in [0.4, 0.5) is 0 Å². The van der Waals surface area contributed by atoms with E-state index < -0.39 is 0 Å². The number of aryl methyl sites for hydroxylation is 1. The lowest BCUT2D eigenvalue weighted by Gasteiger charge is -2.20. The largest absolute Gasteiger partial charge is 0.444 e. The fraction of sp³-hybridized carbons (Fsp3) is 0.375. The molecule has 0 unspecified atom stereocenters. The molecule has 0 aliphatic heterocycles. The summed E-state index contributed by atoms with van der Waals surface area (Å²) in [6.07, 6.45) is 1.76. The number of oxazole rings is 1. The van der Waals surface area contributed by atoms with Gasteiger partial charge in [-0.2, -0.15) is 0 Å². The minimum Gasteiger partial charge on any atom is -0.444 e. The predicted octanol–water partition coefficient (Wildman–Crippen LogP) is 6.91. The van der Waals surface area contributed by atoms with Crippen molar-refractivity contribution in [2.45, 2.75) is 59.3 Å². The third kappa shape index (κ3) is 3.90. The fourth-order valence-electron chi connectivity index (χ4n) is 3.02. The third-order valence-electron chi connectivity index (χ3n) is 4.72. The molecule has 26 heavy (non-hydrogen) atoms. The first-order valence-electron chi connectivity index (χ1n) is 9.23. The summed E-state index contributed by atoms with van der Waals surface area (Å²) in [4.78, 5) is 4.77. The van der Waals surface area contributed by atoms with Gasteiger partial charge in [-0.25, -0.2) is 4.98 Å². The lowest BCUT2D eigenvalue weighted by Crippen LogP contribution is -2.11. The topological polar surface area (TPSA) is 26.0 Å². The van der Waals surface area contributed by atoms with E-state index >= 15 is 0 Å². The van der Waals surface area contributed by atoms with Gasteiger partial charge < -0.3 is 4.42 Å². The monoisotopic (exact) mass is 347 g/mol. The molecule has 0 atom stereocenters. The predicted molar refractivity (Wildman–Crippen MR) is 110 cm³/mol. The molecule has 0 spiro atoms. The van der Waals surface area contributed by atoms with Gasteiger partial charge in [0.05, 0.1) is 0 Å². The molecule has 3 aromatic rings. The van der Waals surface area contributed by atoms with Crippen molar-refractivity contribution in [1.82, 2.24) is 4.98 Å². The SMILES string of the molecule is Cc1cc(-c2coc(-c3cccc(C(C)(C)C)c3)n2)cc(C(C)(C)C)c1. The van der Waals surface area contributed by atoms with Gasteiger partial charge in [-0.15, -0.1) is 0 Å². The number of hydrogen-bond donors (Lipinski definition) is 0. The quantitative estimate of drug-likeness (QED) is 0.503. The summed E-state index contributed by atoms with van der Waals surface area (Å²) in [5, 5.41) is 0. The van der Waals surface area contributed by atoms with E-state index in [4.69, 9.17) is 9.40 Å². The molecule has 0 radical (unpaired) electrons. The molecule has 0 bridgehead atoms. The molecule has 0 saturated carbocycles. The van der Waals surface area contributed by atoms with E-state index in [1.807, 2.05) is 0 Å². The fourth-order valence-corrected chi connectivity index (χ4v) is 3.02. The summed E-state index contributed by atoms with van der Waals surface area (Å²) < 4.78 is 5.83. The van der Waals surface area contributed by atoms with Crippen molar-refractivity contribution in [1.29, 1.82) is 0 Å². The highest BCUT2D eigenvalue weighted by Crippen LogP contribution is 2.32. The van der Waals surface area contributed by atoms with Crippen LogP contribution in [0.1, 0.15) is 58.2 Å². The molecule has 3 rings (SSSR count). The number of benzene rings is 2. The van der Waals surface area contributed by atoms with Gasteiger partial charge in [-0.3, -0.25) is 0 Å². The Balaban J connectivity index is 2.00. The molecule has 0 saturated heterocycles. The van der Waals surface area contributed by atoms with Crippen LogP contribution in [0.2, 0.25) is 0 Å². The molecule has 1 aromatic heterocycles. The van der Waals surface area contributed by atoms with Crippen LogP contribution in [0.5, 0.6) is 0 Å². The van der Waals surface area contributed by atoms with Crippen molar-refractivity contribution < 1.29 is 4.42 Å². The first kappa shape index (κ1) is 18.4. The van der Waals surface area contributed by atoms with Crippen LogP contribution in [0.15, 0.2) is 53.1 Å². The number of nitrogens with zero attached hydrogens (tertiary/aromatic N) is 1. The number of aromatic nitrogens is 1. The smallest absolute Gasteiger partial charge is 0.226 e. The second-order valence-electron chi connectivity index (χ2n) is 9.21. The first-order chi connectivity index (χ1) is 12.0. The average Bonchev–Trinajstić information content (AvgIpc) is 3.03. The van der Waals surface area contributed by atoms with Crippen molar-refractivity contribution >= 4 is 0 Å². The van der Waals surface area contributed by atoms with Crippen LogP contribution < -0.4 is 0 Å². The summed E-state index contributed by atoms with van der Waals surface area (Å²) in [7, 11) is 0. The molecule has 0 aliphatic rings. The Morgan fingerprint density at radius 3 is 2.08 bits per heavy atom. The van der Waals surface area contributed by atoms with Gasteiger partial charge in [0.2, 0.25) is 5.89 Å². The number of rotatable bonds is 2. The van der Waals surface area contributed by atoms with Gasteiger partial charge in [-0.05, 0) is 53.1 Å². The zero-order valence-electron chi connectivity index (χ0n) is 17.0. The van der Waals surface area contributed by atoms with Crippen molar-refractivity contribution in [2.75, 3.05) is 0 Å². The van der Waals surface area contributed by atoms with Crippen LogP contribution in [0, 0.1) is 6.92 Å². The summed E-state index contributed by atoms with van der Waals surface area (Å²) in [5.41, 5.74) is 7.05. The summed E-state index contributed by atoms with van der Waals surface area (Å²) in [6, 6.07) is 15.1. The minimum absolute atomic E-state index is 0.101. The highest BCUT2D eigenvalue weighted by molar-refractivity contribution is 5.65. The van der Waals surface area contributed by atoms with Crippen molar-refractivity contribution in [3.05, 3.63) is 65.4 Å². The maximum atomic E-state index is 5.83. The standard InChI is InChI=1S/C24H29NO/c1-16-11-18(14-20(12-16)24(5,6)7)21-15-26-22(25-21)17-9-8-10-19(13-17)23(2,3)4/h8-15H,1-7H3. The molecule has 1 heterocycles. The van der Waals surface area contributed by atoms with Gasteiger partial charge in [0.25, 0.3) is 0 Å². The maximum Gasteiger partial charge on any atom is 0.226 e. The van der Waals surface area contributed by atoms with E-state index in [0.717, 1.165) is 16.8 Å². The molecule has 136 valence electrons. The normalized spacial score (nSPS) is 12.4. The zero-order chi connectivity index (χ0) is 19.1. The van der Waals surface area contributed by atoms with Gasteiger partial charge in [0.15, 0.2) is 0 Å². The highest BCUT2D eigenvalue weighted by atomic mass is 16.3. The van der Waals surface area contributed by atoms with Crippen LogP contribution >= 0.6 is 0 Å². The lowest BCUT2D eigenvalue weighted by molar-refractivity contribution is 0.572. The van der Waals surface area contributed by atoms with Gasteiger partial charge in [0, 0.05) is 11.1 Å². The molecular formula is C24H29NO. The van der Waals surface area contributed by atoms with E-state index in [-0.39, 0.29) is 10.8 Å².